The van der Waals surface area contributed by atoms with Crippen molar-refractivity contribution in [1.29, 1.82) is 10.5 Å². The molecule has 0 radical (unpaired) electrons. The van der Waals surface area contributed by atoms with E-state index in [0.29, 0.717) is 11.3 Å². The van der Waals surface area contributed by atoms with Crippen molar-refractivity contribution in [1.82, 2.24) is 0 Å². The van der Waals surface area contributed by atoms with E-state index in [4.69, 9.17) is 21.0 Å². The highest BCUT2D eigenvalue weighted by Gasteiger charge is 2.23. The lowest BCUT2D eigenvalue weighted by Gasteiger charge is -2.26. The first kappa shape index (κ1) is 18.9. The number of thioether (sulfide) groups is 1. The predicted molar refractivity (Wildman–Crippen MR) is 117 cm³/mol. The molecule has 0 spiro atoms. The molecule has 0 fully saturated rings. The molecule has 0 amide bonds. The molecule has 142 valence electrons. The highest BCUT2D eigenvalue weighted by atomic mass is 32.2. The summed E-state index contributed by atoms with van der Waals surface area (Å²) in [6, 6.07) is 9.68. The lowest BCUT2D eigenvalue weighted by molar-refractivity contribution is 0.410. The number of allylic oxidation sites excluding steroid dienone is 9. The van der Waals surface area contributed by atoms with Crippen LogP contribution in [0.3, 0.4) is 0 Å². The molecule has 0 bridgehead atoms. The lowest BCUT2D eigenvalue weighted by atomic mass is 9.90. The van der Waals surface area contributed by atoms with Gasteiger partial charge in [-0.25, -0.2) is 0 Å². The molecular weight excluding hydrogens is 378 g/mol. The van der Waals surface area contributed by atoms with Crippen LogP contribution in [0.5, 0.6) is 5.75 Å². The van der Waals surface area contributed by atoms with Gasteiger partial charge in [-0.2, -0.15) is 10.5 Å². The van der Waals surface area contributed by atoms with Crippen LogP contribution in [0.2, 0.25) is 0 Å². The Morgan fingerprint density at radius 1 is 1.14 bits per heavy atom. The zero-order chi connectivity index (χ0) is 20.4. The van der Waals surface area contributed by atoms with Crippen molar-refractivity contribution in [3.63, 3.8) is 0 Å². The van der Waals surface area contributed by atoms with Crippen molar-refractivity contribution >= 4 is 23.5 Å². The summed E-state index contributed by atoms with van der Waals surface area (Å²) in [5.41, 5.74) is 10.8. The fraction of sp³-hybridized carbons (Fsp3) is 0.167. The van der Waals surface area contributed by atoms with E-state index in [1.807, 2.05) is 55.5 Å². The summed E-state index contributed by atoms with van der Waals surface area (Å²) in [5.74, 6) is 1.71. The zero-order valence-electron chi connectivity index (χ0n) is 16.0. The number of rotatable bonds is 2. The van der Waals surface area contributed by atoms with Crippen LogP contribution in [0.15, 0.2) is 80.4 Å². The predicted octanol–water partition coefficient (Wildman–Crippen LogP) is 5.92. The highest BCUT2D eigenvalue weighted by Crippen LogP contribution is 2.41. The maximum atomic E-state index is 9.16. The van der Waals surface area contributed by atoms with Gasteiger partial charge in [-0.3, -0.25) is 0 Å². The smallest absolute Gasteiger partial charge is 0.136 e. The molecule has 0 atom stereocenters. The summed E-state index contributed by atoms with van der Waals surface area (Å²) in [6.45, 7) is 1.98. The Bertz CT molecular complexity index is 1150. The first-order valence-corrected chi connectivity index (χ1v) is 10.2. The van der Waals surface area contributed by atoms with Gasteiger partial charge in [-0.15, -0.1) is 0 Å². The second-order valence-corrected chi connectivity index (χ2v) is 8.39. The molecule has 2 heterocycles. The van der Waals surface area contributed by atoms with Crippen LogP contribution in [0.4, 0.5) is 5.69 Å². The summed E-state index contributed by atoms with van der Waals surface area (Å²) >= 11 is 1.62. The minimum atomic E-state index is 0.130. The molecule has 2 aliphatic heterocycles. The van der Waals surface area contributed by atoms with Gasteiger partial charge in [0.25, 0.3) is 0 Å². The normalized spacial score (nSPS) is 17.9. The Labute approximate surface area is 174 Å². The summed E-state index contributed by atoms with van der Waals surface area (Å²) in [6.07, 6.45) is 13.1. The third-order valence-electron chi connectivity index (χ3n) is 4.95. The molecular formula is C24H19N3OS. The average Bonchev–Trinajstić information content (AvgIpc) is 2.71. The van der Waals surface area contributed by atoms with E-state index >= 15 is 0 Å². The standard InChI is InChI=1S/C24H19N3OS/c1-15-9-19(20(13-25)14-26)11-22(29-15)8-6-16-3-2-4-18-10-17-5-7-21(27)12-23(17)28-24(16)18/h5-12H,2-4,27H2,1H3/b8-6+. The summed E-state index contributed by atoms with van der Waals surface area (Å²) < 4.78 is 6.23. The van der Waals surface area contributed by atoms with E-state index in [2.05, 4.69) is 12.2 Å². The van der Waals surface area contributed by atoms with Gasteiger partial charge in [0.2, 0.25) is 0 Å². The van der Waals surface area contributed by atoms with Crippen LogP contribution >= 0.6 is 11.8 Å². The van der Waals surface area contributed by atoms with E-state index < -0.39 is 0 Å². The number of anilines is 1. The summed E-state index contributed by atoms with van der Waals surface area (Å²) in [5, 5.41) is 18.3. The molecule has 2 N–H and O–H groups in total. The Morgan fingerprint density at radius 3 is 2.76 bits per heavy atom. The molecule has 29 heavy (non-hydrogen) atoms. The largest absolute Gasteiger partial charge is 0.456 e. The van der Waals surface area contributed by atoms with Crippen LogP contribution in [0.1, 0.15) is 31.7 Å². The number of nitrogens with two attached hydrogens (primary N) is 1. The van der Waals surface area contributed by atoms with Crippen LogP contribution in [0, 0.1) is 22.7 Å². The molecule has 0 unspecified atom stereocenters. The molecule has 3 aliphatic rings. The van der Waals surface area contributed by atoms with E-state index in [9.17, 15) is 0 Å². The van der Waals surface area contributed by atoms with E-state index in [1.165, 1.54) is 5.57 Å². The van der Waals surface area contributed by atoms with Gasteiger partial charge in [0.1, 0.15) is 29.2 Å². The molecule has 1 aliphatic carbocycles. The molecule has 0 aromatic heterocycles. The van der Waals surface area contributed by atoms with Gasteiger partial charge in [-0.1, -0.05) is 17.8 Å². The second kappa shape index (κ2) is 7.91. The topological polar surface area (TPSA) is 82.8 Å². The van der Waals surface area contributed by atoms with Crippen molar-refractivity contribution in [2.45, 2.75) is 26.2 Å². The lowest BCUT2D eigenvalue weighted by Crippen LogP contribution is -2.12. The summed E-state index contributed by atoms with van der Waals surface area (Å²) in [7, 11) is 0. The number of benzene rings is 1. The quantitative estimate of drug-likeness (QED) is 0.495. The van der Waals surface area contributed by atoms with Crippen LogP contribution < -0.4 is 10.5 Å². The average molecular weight is 398 g/mol. The fourth-order valence-electron chi connectivity index (χ4n) is 3.61. The Kier molecular flexibility index (Phi) is 5.16. The maximum Gasteiger partial charge on any atom is 0.136 e. The second-order valence-electron chi connectivity index (χ2n) is 7.07. The van der Waals surface area contributed by atoms with E-state index in [-0.39, 0.29) is 5.57 Å². The van der Waals surface area contributed by atoms with Gasteiger partial charge < -0.3 is 10.5 Å². The number of nitrogen functional groups attached to an aromatic ring is 1. The fourth-order valence-corrected chi connectivity index (χ4v) is 4.49. The first-order valence-electron chi connectivity index (χ1n) is 9.39. The van der Waals surface area contributed by atoms with Gasteiger partial charge in [0, 0.05) is 27.8 Å². The Hall–Kier alpha value is -3.41. The molecule has 1 aromatic rings. The number of hydrogen-bond donors (Lipinski definition) is 1. The van der Waals surface area contributed by atoms with Crippen molar-refractivity contribution < 1.29 is 4.74 Å². The zero-order valence-corrected chi connectivity index (χ0v) is 16.8. The third-order valence-corrected chi connectivity index (χ3v) is 5.88. The minimum Gasteiger partial charge on any atom is -0.456 e. The third kappa shape index (κ3) is 3.92. The number of nitrogens with zero attached hydrogens (tertiary/aromatic N) is 2. The maximum absolute atomic E-state index is 9.16. The summed E-state index contributed by atoms with van der Waals surface area (Å²) in [4.78, 5) is 2.04. The van der Waals surface area contributed by atoms with Crippen molar-refractivity contribution in [2.24, 2.45) is 0 Å². The molecule has 4 rings (SSSR count). The molecule has 0 saturated heterocycles. The van der Waals surface area contributed by atoms with Crippen molar-refractivity contribution in [3.8, 4) is 17.9 Å². The molecule has 0 saturated carbocycles. The molecule has 4 nitrogen and oxygen atoms in total. The number of fused-ring (bicyclic) bond motifs is 2. The van der Waals surface area contributed by atoms with Crippen LogP contribution in [-0.4, -0.2) is 0 Å². The first-order chi connectivity index (χ1) is 14.1. The van der Waals surface area contributed by atoms with Gasteiger partial charge in [0.05, 0.1) is 0 Å². The van der Waals surface area contributed by atoms with E-state index in [0.717, 1.165) is 51.7 Å². The van der Waals surface area contributed by atoms with E-state index in [1.54, 1.807) is 11.8 Å². The van der Waals surface area contributed by atoms with Gasteiger partial charge in [-0.05, 0) is 78.7 Å². The molecule has 5 heteroatoms. The van der Waals surface area contributed by atoms with Gasteiger partial charge in [0.15, 0.2) is 0 Å². The number of hydrogen-bond acceptors (Lipinski definition) is 5. The minimum absolute atomic E-state index is 0.130. The van der Waals surface area contributed by atoms with Crippen molar-refractivity contribution in [3.05, 3.63) is 85.9 Å². The van der Waals surface area contributed by atoms with Crippen LogP contribution in [0.25, 0.3) is 6.08 Å². The Morgan fingerprint density at radius 2 is 1.97 bits per heavy atom. The SMILES string of the molecule is CC1=CC(=C(C#N)C#N)C=C(/C=C/C2=C3Oc4cc(N)ccc4C=C3CCC2)S1. The highest BCUT2D eigenvalue weighted by molar-refractivity contribution is 8.06. The molecule has 1 aromatic carbocycles. The number of nitriles is 2. The Balaban J connectivity index is 1.68. The monoisotopic (exact) mass is 397 g/mol. The van der Waals surface area contributed by atoms with Gasteiger partial charge >= 0.3 is 0 Å². The number of ether oxygens (including phenoxy) is 1. The van der Waals surface area contributed by atoms with Crippen molar-refractivity contribution in [2.75, 3.05) is 5.73 Å². The van der Waals surface area contributed by atoms with Crippen LogP contribution in [-0.2, 0) is 0 Å².